The van der Waals surface area contributed by atoms with E-state index in [4.69, 9.17) is 10.5 Å². The Labute approximate surface area is 103 Å². The molecule has 0 amide bonds. The van der Waals surface area contributed by atoms with Gasteiger partial charge in [0.1, 0.15) is 0 Å². The molecule has 1 aromatic heterocycles. The van der Waals surface area contributed by atoms with Gasteiger partial charge in [-0.25, -0.2) is 0 Å². The van der Waals surface area contributed by atoms with Crippen LogP contribution in [0.15, 0.2) is 18.3 Å². The van der Waals surface area contributed by atoms with Gasteiger partial charge in [0, 0.05) is 32.4 Å². The molecular weight excluding hydrogens is 214 g/mol. The molecule has 2 rings (SSSR count). The minimum Gasteiger partial charge on any atom is -0.373 e. The lowest BCUT2D eigenvalue weighted by Crippen LogP contribution is -2.45. The number of aromatic nitrogens is 1. The van der Waals surface area contributed by atoms with Gasteiger partial charge in [0.25, 0.3) is 0 Å². The predicted octanol–water partition coefficient (Wildman–Crippen LogP) is 1.15. The molecule has 1 aliphatic heterocycles. The Hall–Kier alpha value is -0.970. The van der Waals surface area contributed by atoms with Crippen molar-refractivity contribution in [3.63, 3.8) is 0 Å². The normalized spacial score (nSPS) is 26.1. The summed E-state index contributed by atoms with van der Waals surface area (Å²) >= 11 is 0. The summed E-state index contributed by atoms with van der Waals surface area (Å²) in [6.07, 6.45) is 2.43. The van der Waals surface area contributed by atoms with E-state index in [1.165, 1.54) is 0 Å². The maximum atomic E-state index is 5.73. The van der Waals surface area contributed by atoms with Gasteiger partial charge in [-0.2, -0.15) is 0 Å². The standard InChI is InChI=1S/C13H21N3O/c1-10-7-16(8-11(2)17-10)9-13-12(6-14)4-3-5-15-13/h3-5,10-11H,6-9,14H2,1-2H3. The fraction of sp³-hybridized carbons (Fsp3) is 0.615. The van der Waals surface area contributed by atoms with Crippen LogP contribution in [0.25, 0.3) is 0 Å². The molecule has 1 fully saturated rings. The molecule has 94 valence electrons. The second-order valence-corrected chi connectivity index (χ2v) is 4.76. The molecule has 2 atom stereocenters. The van der Waals surface area contributed by atoms with Crippen LogP contribution < -0.4 is 5.73 Å². The Bertz CT molecular complexity index is 359. The van der Waals surface area contributed by atoms with Crippen LogP contribution in [-0.4, -0.2) is 35.2 Å². The summed E-state index contributed by atoms with van der Waals surface area (Å²) in [5, 5.41) is 0. The smallest absolute Gasteiger partial charge is 0.0678 e. The molecule has 0 saturated carbocycles. The Morgan fingerprint density at radius 3 is 2.76 bits per heavy atom. The molecule has 1 aromatic rings. The fourth-order valence-electron chi connectivity index (χ4n) is 2.42. The third kappa shape index (κ3) is 3.25. The molecule has 2 heterocycles. The highest BCUT2D eigenvalue weighted by atomic mass is 16.5. The molecule has 4 nitrogen and oxygen atoms in total. The van der Waals surface area contributed by atoms with E-state index < -0.39 is 0 Å². The molecule has 0 aromatic carbocycles. The molecule has 1 aliphatic rings. The first-order chi connectivity index (χ1) is 8.19. The molecule has 17 heavy (non-hydrogen) atoms. The van der Waals surface area contributed by atoms with Crippen LogP contribution in [0.5, 0.6) is 0 Å². The van der Waals surface area contributed by atoms with Crippen molar-refractivity contribution in [2.75, 3.05) is 13.1 Å². The van der Waals surface area contributed by atoms with Gasteiger partial charge in [-0.15, -0.1) is 0 Å². The van der Waals surface area contributed by atoms with Gasteiger partial charge in [0.2, 0.25) is 0 Å². The van der Waals surface area contributed by atoms with Crippen LogP contribution in [0.2, 0.25) is 0 Å². The van der Waals surface area contributed by atoms with Crippen LogP contribution in [0.1, 0.15) is 25.1 Å². The van der Waals surface area contributed by atoms with Gasteiger partial charge in [0.05, 0.1) is 17.9 Å². The van der Waals surface area contributed by atoms with E-state index in [1.54, 1.807) is 0 Å². The van der Waals surface area contributed by atoms with Crippen LogP contribution in [-0.2, 0) is 17.8 Å². The van der Waals surface area contributed by atoms with Crippen molar-refractivity contribution in [2.45, 2.75) is 39.1 Å². The first kappa shape index (κ1) is 12.5. The van der Waals surface area contributed by atoms with Crippen LogP contribution >= 0.6 is 0 Å². The molecule has 0 aliphatic carbocycles. The number of hydrogen-bond acceptors (Lipinski definition) is 4. The van der Waals surface area contributed by atoms with Crippen LogP contribution in [0.4, 0.5) is 0 Å². The van der Waals surface area contributed by atoms with Crippen molar-refractivity contribution in [3.8, 4) is 0 Å². The van der Waals surface area contributed by atoms with Crippen molar-refractivity contribution in [1.29, 1.82) is 0 Å². The number of nitrogens with two attached hydrogens (primary N) is 1. The van der Waals surface area contributed by atoms with Crippen molar-refractivity contribution in [3.05, 3.63) is 29.6 Å². The molecule has 0 spiro atoms. The lowest BCUT2D eigenvalue weighted by Gasteiger charge is -2.35. The van der Waals surface area contributed by atoms with E-state index in [-0.39, 0.29) is 0 Å². The molecule has 4 heteroatoms. The molecule has 2 unspecified atom stereocenters. The maximum Gasteiger partial charge on any atom is 0.0678 e. The number of nitrogens with zero attached hydrogens (tertiary/aromatic N) is 2. The average Bonchev–Trinajstić information content (AvgIpc) is 2.28. The number of morpholine rings is 1. The summed E-state index contributed by atoms with van der Waals surface area (Å²) in [5.74, 6) is 0. The average molecular weight is 235 g/mol. The number of rotatable bonds is 3. The quantitative estimate of drug-likeness (QED) is 0.854. The van der Waals surface area contributed by atoms with E-state index in [2.05, 4.69) is 29.8 Å². The van der Waals surface area contributed by atoms with E-state index >= 15 is 0 Å². The van der Waals surface area contributed by atoms with Crippen molar-refractivity contribution >= 4 is 0 Å². The molecule has 2 N–H and O–H groups in total. The zero-order valence-electron chi connectivity index (χ0n) is 10.6. The summed E-state index contributed by atoms with van der Waals surface area (Å²) in [6.45, 7) is 7.58. The van der Waals surface area contributed by atoms with Gasteiger partial charge in [0.15, 0.2) is 0 Å². The summed E-state index contributed by atoms with van der Waals surface area (Å²) in [4.78, 5) is 6.82. The molecule has 1 saturated heterocycles. The minimum atomic E-state index is 0.295. The number of hydrogen-bond donors (Lipinski definition) is 1. The van der Waals surface area contributed by atoms with Gasteiger partial charge < -0.3 is 10.5 Å². The van der Waals surface area contributed by atoms with Crippen molar-refractivity contribution < 1.29 is 4.74 Å². The summed E-state index contributed by atoms with van der Waals surface area (Å²) in [5.41, 5.74) is 7.96. The fourth-order valence-corrected chi connectivity index (χ4v) is 2.42. The second kappa shape index (κ2) is 5.58. The minimum absolute atomic E-state index is 0.295. The third-order valence-electron chi connectivity index (χ3n) is 3.07. The topological polar surface area (TPSA) is 51.4 Å². The lowest BCUT2D eigenvalue weighted by molar-refractivity contribution is -0.0708. The Morgan fingerprint density at radius 1 is 1.41 bits per heavy atom. The summed E-state index contributed by atoms with van der Waals surface area (Å²) < 4.78 is 5.72. The van der Waals surface area contributed by atoms with Crippen molar-refractivity contribution in [1.82, 2.24) is 9.88 Å². The highest BCUT2D eigenvalue weighted by Gasteiger charge is 2.22. The molecule has 0 bridgehead atoms. The highest BCUT2D eigenvalue weighted by Crippen LogP contribution is 2.15. The van der Waals surface area contributed by atoms with Gasteiger partial charge in [-0.3, -0.25) is 9.88 Å². The molecule has 0 radical (unpaired) electrons. The zero-order chi connectivity index (χ0) is 12.3. The highest BCUT2D eigenvalue weighted by molar-refractivity contribution is 5.19. The second-order valence-electron chi connectivity index (χ2n) is 4.76. The number of pyridine rings is 1. The Kier molecular flexibility index (Phi) is 4.10. The lowest BCUT2D eigenvalue weighted by atomic mass is 10.1. The first-order valence-electron chi connectivity index (χ1n) is 6.19. The van der Waals surface area contributed by atoms with E-state index in [0.717, 1.165) is 30.9 Å². The zero-order valence-corrected chi connectivity index (χ0v) is 10.6. The first-order valence-corrected chi connectivity index (χ1v) is 6.19. The Morgan fingerprint density at radius 2 is 2.12 bits per heavy atom. The van der Waals surface area contributed by atoms with Gasteiger partial charge in [-0.05, 0) is 25.5 Å². The summed E-state index contributed by atoms with van der Waals surface area (Å²) in [7, 11) is 0. The largest absolute Gasteiger partial charge is 0.373 e. The van der Waals surface area contributed by atoms with Crippen LogP contribution in [0.3, 0.4) is 0 Å². The summed E-state index contributed by atoms with van der Waals surface area (Å²) in [6, 6.07) is 3.99. The van der Waals surface area contributed by atoms with Gasteiger partial charge >= 0.3 is 0 Å². The SMILES string of the molecule is CC1CN(Cc2ncccc2CN)CC(C)O1. The van der Waals surface area contributed by atoms with Gasteiger partial charge in [-0.1, -0.05) is 6.07 Å². The maximum absolute atomic E-state index is 5.73. The van der Waals surface area contributed by atoms with Crippen LogP contribution in [0, 0.1) is 0 Å². The monoisotopic (exact) mass is 235 g/mol. The third-order valence-corrected chi connectivity index (χ3v) is 3.07. The number of ether oxygens (including phenoxy) is 1. The van der Waals surface area contributed by atoms with E-state index in [1.807, 2.05) is 12.3 Å². The predicted molar refractivity (Wildman–Crippen MR) is 67.4 cm³/mol. The Balaban J connectivity index is 2.04. The molecular formula is C13H21N3O. The van der Waals surface area contributed by atoms with E-state index in [0.29, 0.717) is 18.8 Å². The van der Waals surface area contributed by atoms with Crippen molar-refractivity contribution in [2.24, 2.45) is 5.73 Å². The van der Waals surface area contributed by atoms with E-state index in [9.17, 15) is 0 Å².